The molecule has 0 amide bonds. The summed E-state index contributed by atoms with van der Waals surface area (Å²) in [6.07, 6.45) is -54.6. The lowest BCUT2D eigenvalue weighted by atomic mass is 9.95. The van der Waals surface area contributed by atoms with Crippen LogP contribution in [0.15, 0.2) is 0 Å². The molecule has 22 rings (SSSR count). The van der Waals surface area contributed by atoms with Gasteiger partial charge in [0, 0.05) is 59.4 Å². The number of aliphatic hydroxyl groups is 12. The quantitative estimate of drug-likeness (QED) is 0.0864. The van der Waals surface area contributed by atoms with E-state index in [0.29, 0.717) is 35.3 Å². The Morgan fingerprint density at radius 3 is 0.628 bits per heavy atom. The van der Waals surface area contributed by atoms with E-state index in [1.807, 2.05) is 0 Å². The molecule has 12 N–H and O–H groups in total. The molecule has 0 aromatic rings. The number of methoxy groups -OCH3 is 3. The maximum atomic E-state index is 12.3. The van der Waals surface area contributed by atoms with Crippen molar-refractivity contribution in [1.82, 2.24) is 0 Å². The predicted octanol–water partition coefficient (Wildman–Crippen LogP) is -7.23. The summed E-state index contributed by atoms with van der Waals surface area (Å²) in [5.41, 5.74) is 0. The van der Waals surface area contributed by atoms with Gasteiger partial charge in [-0.3, -0.25) is 14.4 Å². The summed E-state index contributed by atoms with van der Waals surface area (Å²) >= 11 is 2.11. The van der Waals surface area contributed by atoms with Crippen molar-refractivity contribution < 1.29 is 147 Å². The summed E-state index contributed by atoms with van der Waals surface area (Å²) in [5.74, 6) is -0.897. The zero-order chi connectivity index (χ0) is 57.0. The van der Waals surface area contributed by atoms with E-state index >= 15 is 0 Å². The first kappa shape index (κ1) is 64.5. The molecule has 22 aliphatic rings. The lowest BCUT2D eigenvalue weighted by molar-refractivity contribution is -0.400. The fourth-order valence-electron chi connectivity index (χ4n) is 9.94. The fourth-order valence-corrected chi connectivity index (χ4v) is 11.9. The van der Waals surface area contributed by atoms with Gasteiger partial charge in [-0.25, -0.2) is 0 Å². The van der Waals surface area contributed by atoms with Crippen molar-refractivity contribution in [2.24, 2.45) is 0 Å². The molecule has 0 aromatic heterocycles. The van der Waals surface area contributed by atoms with Gasteiger partial charge in [0.25, 0.3) is 0 Å². The standard InChI is InChI=1S/C45H72O30S3/c1-13(46)76-10-19-37-25(52)31(58)43(67-19)70-34-16(7-61-4)65-41(29(56)23(34)50)74-38-20(11-77-14(2)47)69-45(33(60)27(38)54)72-36-18(9-63-6)66-42(30(57)24(36)51)75-39-21(12-78-15(3)48)68-44(32(59)26(39)53)71-35-17(8-62-5)64-40(73-37)28(55)22(35)49/h16-45,49-60H,7-12H2,1-6H3. The van der Waals surface area contributed by atoms with Gasteiger partial charge in [0.2, 0.25) is 0 Å². The van der Waals surface area contributed by atoms with Crippen LogP contribution in [0.25, 0.3) is 0 Å². The maximum absolute atomic E-state index is 12.3. The van der Waals surface area contributed by atoms with Crippen LogP contribution in [0.4, 0.5) is 0 Å². The summed E-state index contributed by atoms with van der Waals surface area (Å²) in [6, 6.07) is 0. The van der Waals surface area contributed by atoms with Gasteiger partial charge in [-0.05, 0) is 0 Å². The highest BCUT2D eigenvalue weighted by Gasteiger charge is 2.59. The zero-order valence-electron chi connectivity index (χ0n) is 43.0. The lowest BCUT2D eigenvalue weighted by Gasteiger charge is -2.51. The third kappa shape index (κ3) is 14.7. The Kier molecular flexibility index (Phi) is 23.8. The Hall–Kier alpha value is -1.02. The molecular formula is C45H72O30S3. The molecule has 30 nitrogen and oxygen atoms in total. The van der Waals surface area contributed by atoms with Crippen LogP contribution in [0.3, 0.4) is 0 Å². The average Bonchev–Trinajstić information content (AvgIpc) is 3.56. The molecule has 78 heavy (non-hydrogen) atoms. The predicted molar refractivity (Wildman–Crippen MR) is 258 cm³/mol. The molecule has 0 aliphatic carbocycles. The van der Waals surface area contributed by atoms with Gasteiger partial charge in [-0.2, -0.15) is 0 Å². The normalized spacial score (nSPS) is 48.5. The van der Waals surface area contributed by atoms with Gasteiger partial charge in [0.05, 0.1) is 38.1 Å². The SMILES string of the molecule is COCC1OC2OC3C(CSC(C)=O)OC(OC4C(COC)OC(OC5C(CSC(C)=O)OC(OC6C(COC)OC(OC7C(CSC(C)=O)OC(OC1C(O)C2O)C(O)C7O)C(O)C6O)C(O)C5O)C(O)C4O)C(O)C3O. The number of ether oxygens (including phenoxy) is 15. The van der Waals surface area contributed by atoms with Crippen molar-refractivity contribution in [3.8, 4) is 0 Å². The van der Waals surface area contributed by atoms with E-state index in [1.54, 1.807) is 0 Å². The van der Waals surface area contributed by atoms with Gasteiger partial charge in [-0.15, -0.1) is 0 Å². The van der Waals surface area contributed by atoms with Crippen molar-refractivity contribution in [1.29, 1.82) is 0 Å². The summed E-state index contributed by atoms with van der Waals surface area (Å²) in [4.78, 5) is 36.9. The van der Waals surface area contributed by atoms with Crippen LogP contribution in [0.1, 0.15) is 20.8 Å². The number of aliphatic hydroxyl groups excluding tert-OH is 12. The molecule has 0 aromatic carbocycles. The van der Waals surface area contributed by atoms with E-state index in [0.717, 1.165) is 0 Å². The number of carbonyl (C=O) groups is 3. The first-order valence-electron chi connectivity index (χ1n) is 24.9. The van der Waals surface area contributed by atoms with Crippen molar-refractivity contribution in [2.75, 3.05) is 58.4 Å². The average molecular weight is 1190 g/mol. The Bertz CT molecular complexity index is 1730. The van der Waals surface area contributed by atoms with Crippen LogP contribution in [0, 0.1) is 0 Å². The Morgan fingerprint density at radius 1 is 0.295 bits per heavy atom. The third-order valence-corrected chi connectivity index (χ3v) is 16.6. The van der Waals surface area contributed by atoms with Gasteiger partial charge in [0.1, 0.15) is 128 Å². The molecule has 450 valence electrons. The molecule has 0 saturated carbocycles. The molecule has 12 bridgehead atoms. The Labute approximate surface area is 459 Å². The Balaban J connectivity index is 1.26. The molecule has 0 radical (unpaired) electrons. The molecule has 0 spiro atoms. The van der Waals surface area contributed by atoms with Gasteiger partial charge < -0.3 is 132 Å². The minimum absolute atomic E-state index is 0.299. The van der Waals surface area contributed by atoms with Crippen molar-refractivity contribution in [3.05, 3.63) is 0 Å². The maximum Gasteiger partial charge on any atom is 0.187 e. The number of hydrogen-bond donors (Lipinski definition) is 12. The molecule has 30 atom stereocenters. The van der Waals surface area contributed by atoms with E-state index in [4.69, 9.17) is 71.1 Å². The highest BCUT2D eigenvalue weighted by atomic mass is 32.2. The molecule has 33 heteroatoms. The zero-order valence-corrected chi connectivity index (χ0v) is 45.5. The highest BCUT2D eigenvalue weighted by Crippen LogP contribution is 2.39. The first-order valence-corrected chi connectivity index (χ1v) is 27.8. The summed E-state index contributed by atoms with van der Waals surface area (Å²) in [5, 5.41) is 139. The van der Waals surface area contributed by atoms with Gasteiger partial charge in [0.15, 0.2) is 53.1 Å². The molecule has 22 fully saturated rings. The van der Waals surface area contributed by atoms with Crippen molar-refractivity contribution in [2.45, 2.75) is 205 Å². The summed E-state index contributed by atoms with van der Waals surface area (Å²) in [6.45, 7) is 2.47. The number of rotatable bonds is 12. The van der Waals surface area contributed by atoms with Crippen LogP contribution in [-0.4, -0.2) is 319 Å². The third-order valence-electron chi connectivity index (χ3n) is 13.9. The smallest absolute Gasteiger partial charge is 0.187 e. The monoisotopic (exact) mass is 1190 g/mol. The topological polar surface area (TPSA) is 432 Å². The van der Waals surface area contributed by atoms with Crippen molar-refractivity contribution >= 4 is 50.6 Å². The second-order valence-corrected chi connectivity index (χ2v) is 23.1. The summed E-state index contributed by atoms with van der Waals surface area (Å²) < 4.78 is 88.7. The van der Waals surface area contributed by atoms with Crippen LogP contribution < -0.4 is 0 Å². The van der Waals surface area contributed by atoms with E-state index < -0.39 is 219 Å². The van der Waals surface area contributed by atoms with Crippen LogP contribution in [0.5, 0.6) is 0 Å². The molecular weight excluding hydrogens is 1120 g/mol. The minimum atomic E-state index is -2.08. The number of thioether (sulfide) groups is 3. The Morgan fingerprint density at radius 2 is 0.462 bits per heavy atom. The van der Waals surface area contributed by atoms with Crippen LogP contribution in [-0.2, 0) is 85.4 Å². The van der Waals surface area contributed by atoms with Crippen LogP contribution in [0.2, 0.25) is 0 Å². The molecule has 22 aliphatic heterocycles. The van der Waals surface area contributed by atoms with E-state index in [-0.39, 0.29) is 17.3 Å². The summed E-state index contributed by atoms with van der Waals surface area (Å²) in [7, 11) is 3.75. The van der Waals surface area contributed by atoms with E-state index in [9.17, 15) is 75.7 Å². The molecule has 30 unspecified atom stereocenters. The van der Waals surface area contributed by atoms with Crippen LogP contribution >= 0.6 is 35.3 Å². The lowest BCUT2D eigenvalue weighted by Crippen LogP contribution is -2.69. The number of carbonyl (C=O) groups excluding carboxylic acids is 3. The molecule has 22 heterocycles. The second kappa shape index (κ2) is 28.7. The fraction of sp³-hybridized carbons (Fsp3) is 0.933. The van der Waals surface area contributed by atoms with E-state index in [2.05, 4.69) is 0 Å². The highest BCUT2D eigenvalue weighted by molar-refractivity contribution is 8.14. The first-order chi connectivity index (χ1) is 37.0. The molecule has 22 saturated heterocycles. The van der Waals surface area contributed by atoms with Gasteiger partial charge in [-0.1, -0.05) is 35.3 Å². The van der Waals surface area contributed by atoms with Crippen molar-refractivity contribution in [3.63, 3.8) is 0 Å². The minimum Gasteiger partial charge on any atom is -0.387 e. The van der Waals surface area contributed by atoms with Gasteiger partial charge >= 0.3 is 0 Å². The largest absolute Gasteiger partial charge is 0.387 e. The second-order valence-electron chi connectivity index (χ2n) is 19.5. The van der Waals surface area contributed by atoms with E-state index in [1.165, 1.54) is 42.1 Å². The number of hydrogen-bond acceptors (Lipinski definition) is 33.